The lowest BCUT2D eigenvalue weighted by Gasteiger charge is -2.15. The molecule has 0 fully saturated rings. The van der Waals surface area contributed by atoms with E-state index in [9.17, 15) is 14.4 Å². The highest BCUT2D eigenvalue weighted by Gasteiger charge is 2.20. The van der Waals surface area contributed by atoms with E-state index in [1.54, 1.807) is 30.3 Å². The number of aliphatic carboxylic acids is 1. The Balaban J connectivity index is 2.53. The predicted molar refractivity (Wildman–Crippen MR) is 68.8 cm³/mol. The summed E-state index contributed by atoms with van der Waals surface area (Å²) in [5.74, 6) is -1.18. The summed E-state index contributed by atoms with van der Waals surface area (Å²) in [6, 6.07) is 6.89. The molecule has 0 saturated heterocycles. The molecule has 8 heteroatoms. The van der Waals surface area contributed by atoms with Crippen LogP contribution in [0.2, 0.25) is 0 Å². The number of carbonyl (C=O) groups is 3. The Labute approximate surface area is 115 Å². The van der Waals surface area contributed by atoms with E-state index in [-0.39, 0.29) is 6.42 Å². The van der Waals surface area contributed by atoms with Gasteiger partial charge in [0.15, 0.2) is 0 Å². The summed E-state index contributed by atoms with van der Waals surface area (Å²) in [6.07, 6.45) is -0.739. The lowest BCUT2D eigenvalue weighted by Crippen LogP contribution is -2.52. The second kappa shape index (κ2) is 7.62. The molecule has 0 heterocycles. The molecule has 1 rings (SSSR count). The lowest BCUT2D eigenvalue weighted by atomic mass is 10.1. The maximum atomic E-state index is 11.4. The summed E-state index contributed by atoms with van der Waals surface area (Å²) in [5, 5.41) is 11.3. The Morgan fingerprint density at radius 1 is 1.20 bits per heavy atom. The third kappa shape index (κ3) is 5.25. The van der Waals surface area contributed by atoms with Gasteiger partial charge in [-0.25, -0.2) is 25.2 Å². The summed E-state index contributed by atoms with van der Waals surface area (Å²) >= 11 is 0. The van der Waals surface area contributed by atoms with Gasteiger partial charge in [-0.2, -0.15) is 0 Å². The number of ether oxygens (including phenoxy) is 1. The smallest absolute Gasteiger partial charge is 0.425 e. The van der Waals surface area contributed by atoms with Crippen LogP contribution in [0.15, 0.2) is 30.3 Å². The Morgan fingerprint density at radius 3 is 2.40 bits per heavy atom. The van der Waals surface area contributed by atoms with Crippen LogP contribution in [0.5, 0.6) is 0 Å². The largest absolute Gasteiger partial charge is 0.480 e. The maximum Gasteiger partial charge on any atom is 0.425 e. The highest BCUT2D eigenvalue weighted by molar-refractivity contribution is 5.83. The molecule has 0 aliphatic rings. The monoisotopic (exact) mass is 281 g/mol. The molecule has 0 aromatic heterocycles. The number of carbonyl (C=O) groups excluding carboxylic acids is 2. The molecule has 0 unspecified atom stereocenters. The quantitative estimate of drug-likeness (QED) is 0.590. The number of hydrogen-bond acceptors (Lipinski definition) is 4. The van der Waals surface area contributed by atoms with E-state index in [1.165, 1.54) is 0 Å². The number of methoxy groups -OCH3 is 1. The Bertz CT molecular complexity index is 477. The fraction of sp³-hybridized carbons (Fsp3) is 0.250. The first-order chi connectivity index (χ1) is 9.52. The van der Waals surface area contributed by atoms with Gasteiger partial charge in [-0.15, -0.1) is 0 Å². The molecule has 1 atom stereocenters. The minimum atomic E-state index is -1.18. The first-order valence-electron chi connectivity index (χ1n) is 5.70. The fourth-order valence-corrected chi connectivity index (χ4v) is 1.40. The van der Waals surface area contributed by atoms with Crippen LogP contribution in [-0.2, 0) is 16.0 Å². The van der Waals surface area contributed by atoms with E-state index in [0.29, 0.717) is 0 Å². The molecular weight excluding hydrogens is 266 g/mol. The van der Waals surface area contributed by atoms with Crippen molar-refractivity contribution < 1.29 is 24.2 Å². The molecule has 0 aliphatic carbocycles. The van der Waals surface area contributed by atoms with Crippen molar-refractivity contribution in [1.82, 2.24) is 16.2 Å². The fourth-order valence-electron chi connectivity index (χ4n) is 1.40. The SMILES string of the molecule is COC(=O)NNC(=O)N[C@@H](Cc1ccccc1)C(=O)O. The van der Waals surface area contributed by atoms with Crippen LogP contribution in [0.25, 0.3) is 0 Å². The average molecular weight is 281 g/mol. The molecule has 8 nitrogen and oxygen atoms in total. The molecule has 4 N–H and O–H groups in total. The predicted octanol–water partition coefficient (Wildman–Crippen LogP) is 0.252. The van der Waals surface area contributed by atoms with Gasteiger partial charge in [-0.3, -0.25) is 0 Å². The number of hydrazine groups is 1. The molecule has 108 valence electrons. The van der Waals surface area contributed by atoms with E-state index in [0.717, 1.165) is 12.7 Å². The van der Waals surface area contributed by atoms with Gasteiger partial charge in [0, 0.05) is 6.42 Å². The zero-order chi connectivity index (χ0) is 15.0. The van der Waals surface area contributed by atoms with Crippen molar-refractivity contribution in [3.63, 3.8) is 0 Å². The van der Waals surface area contributed by atoms with Crippen molar-refractivity contribution in [2.24, 2.45) is 0 Å². The molecule has 20 heavy (non-hydrogen) atoms. The first-order valence-corrected chi connectivity index (χ1v) is 5.70. The number of carboxylic acids is 1. The van der Waals surface area contributed by atoms with Crippen LogP contribution in [0.4, 0.5) is 9.59 Å². The topological polar surface area (TPSA) is 117 Å². The van der Waals surface area contributed by atoms with Crippen molar-refractivity contribution >= 4 is 18.1 Å². The standard InChI is InChI=1S/C12H15N3O5/c1-20-12(19)15-14-11(18)13-9(10(16)17)7-8-5-3-2-4-6-8/h2-6,9H,7H2,1H3,(H,15,19)(H,16,17)(H2,13,14,18)/t9-/m0/s1. The number of amides is 3. The molecule has 0 bridgehead atoms. The summed E-state index contributed by atoms with van der Waals surface area (Å²) in [4.78, 5) is 33.2. The summed E-state index contributed by atoms with van der Waals surface area (Å²) in [6.45, 7) is 0. The highest BCUT2D eigenvalue weighted by Crippen LogP contribution is 2.03. The summed E-state index contributed by atoms with van der Waals surface area (Å²) in [7, 11) is 1.13. The van der Waals surface area contributed by atoms with Crippen LogP contribution >= 0.6 is 0 Å². The number of rotatable bonds is 4. The Morgan fingerprint density at radius 2 is 1.85 bits per heavy atom. The van der Waals surface area contributed by atoms with Crippen molar-refractivity contribution in [2.75, 3.05) is 7.11 Å². The van der Waals surface area contributed by atoms with E-state index in [4.69, 9.17) is 5.11 Å². The number of nitrogens with one attached hydrogen (secondary N) is 3. The van der Waals surface area contributed by atoms with Crippen LogP contribution in [0.3, 0.4) is 0 Å². The summed E-state index contributed by atoms with van der Waals surface area (Å²) in [5.41, 5.74) is 4.66. The second-order valence-electron chi connectivity index (χ2n) is 3.80. The second-order valence-corrected chi connectivity index (χ2v) is 3.80. The third-order valence-corrected chi connectivity index (χ3v) is 2.35. The van der Waals surface area contributed by atoms with Crippen LogP contribution < -0.4 is 16.2 Å². The van der Waals surface area contributed by atoms with Crippen LogP contribution in [0, 0.1) is 0 Å². The Hall–Kier alpha value is -2.77. The normalized spacial score (nSPS) is 11.1. The van der Waals surface area contributed by atoms with Crippen molar-refractivity contribution in [3.8, 4) is 0 Å². The summed E-state index contributed by atoms with van der Waals surface area (Å²) < 4.78 is 4.24. The van der Waals surface area contributed by atoms with Gasteiger partial charge >= 0.3 is 18.1 Å². The molecule has 0 aliphatic heterocycles. The van der Waals surface area contributed by atoms with Gasteiger partial charge in [0.1, 0.15) is 6.04 Å². The van der Waals surface area contributed by atoms with Gasteiger partial charge < -0.3 is 15.2 Å². The van der Waals surface area contributed by atoms with Gasteiger partial charge in [-0.05, 0) is 5.56 Å². The number of benzene rings is 1. The molecule has 1 aromatic rings. The van der Waals surface area contributed by atoms with Crippen molar-refractivity contribution in [1.29, 1.82) is 0 Å². The molecule has 1 aromatic carbocycles. The zero-order valence-corrected chi connectivity index (χ0v) is 10.8. The molecule has 0 spiro atoms. The molecule has 3 amide bonds. The van der Waals surface area contributed by atoms with Gasteiger partial charge in [0.2, 0.25) is 0 Å². The molecule has 0 saturated carbocycles. The van der Waals surface area contributed by atoms with Crippen molar-refractivity contribution in [3.05, 3.63) is 35.9 Å². The maximum absolute atomic E-state index is 11.4. The van der Waals surface area contributed by atoms with Gasteiger partial charge in [-0.1, -0.05) is 30.3 Å². The van der Waals surface area contributed by atoms with Crippen molar-refractivity contribution in [2.45, 2.75) is 12.5 Å². The van der Waals surface area contributed by atoms with E-state index < -0.39 is 24.1 Å². The van der Waals surface area contributed by atoms with Crippen LogP contribution in [0.1, 0.15) is 5.56 Å². The van der Waals surface area contributed by atoms with Crippen LogP contribution in [-0.4, -0.2) is 36.4 Å². The Kier molecular flexibility index (Phi) is 5.82. The lowest BCUT2D eigenvalue weighted by molar-refractivity contribution is -0.139. The first kappa shape index (κ1) is 15.3. The molecular formula is C12H15N3O5. The molecule has 0 radical (unpaired) electrons. The minimum absolute atomic E-state index is 0.127. The number of hydrogen-bond donors (Lipinski definition) is 4. The average Bonchev–Trinajstić information content (AvgIpc) is 2.45. The minimum Gasteiger partial charge on any atom is -0.480 e. The highest BCUT2D eigenvalue weighted by atomic mass is 16.5. The van der Waals surface area contributed by atoms with E-state index in [1.807, 2.05) is 10.9 Å². The number of urea groups is 1. The van der Waals surface area contributed by atoms with Gasteiger partial charge in [0.05, 0.1) is 7.11 Å². The van der Waals surface area contributed by atoms with Gasteiger partial charge in [0.25, 0.3) is 0 Å². The number of carboxylic acid groups (broad SMARTS) is 1. The van der Waals surface area contributed by atoms with E-state index >= 15 is 0 Å². The zero-order valence-electron chi connectivity index (χ0n) is 10.8. The third-order valence-electron chi connectivity index (χ3n) is 2.35. The van der Waals surface area contributed by atoms with E-state index in [2.05, 4.69) is 10.1 Å².